The molecule has 1 heterocycles. The van der Waals surface area contributed by atoms with E-state index in [1.807, 2.05) is 32.5 Å². The van der Waals surface area contributed by atoms with E-state index in [1.54, 1.807) is 23.1 Å². The highest BCUT2D eigenvalue weighted by molar-refractivity contribution is 7.89. The molecule has 0 bridgehead atoms. The molecular formula is C25H34N4O3S. The fourth-order valence-electron chi connectivity index (χ4n) is 3.98. The van der Waals surface area contributed by atoms with Gasteiger partial charge in [-0.3, -0.25) is 4.79 Å². The molecule has 0 saturated heterocycles. The molecule has 0 aliphatic heterocycles. The largest absolute Gasteiger partial charge is 0.341 e. The lowest BCUT2D eigenvalue weighted by molar-refractivity contribution is -0.130. The summed E-state index contributed by atoms with van der Waals surface area (Å²) in [5.74, 6) is 0.808. The summed E-state index contributed by atoms with van der Waals surface area (Å²) in [4.78, 5) is 19.3. The molecule has 3 aromatic rings. The van der Waals surface area contributed by atoms with Gasteiger partial charge in [-0.15, -0.1) is 0 Å². The lowest BCUT2D eigenvalue weighted by Crippen LogP contribution is -2.30. The van der Waals surface area contributed by atoms with Crippen molar-refractivity contribution in [3.63, 3.8) is 0 Å². The maximum Gasteiger partial charge on any atom is 0.243 e. The number of fused-ring (bicyclic) bond motifs is 1. The molecule has 0 saturated carbocycles. The number of nitrogens with zero attached hydrogens (tertiary/aromatic N) is 4. The molecule has 0 aliphatic rings. The Kier molecular flexibility index (Phi) is 7.92. The van der Waals surface area contributed by atoms with Crippen molar-refractivity contribution >= 4 is 27.0 Å². The summed E-state index contributed by atoms with van der Waals surface area (Å²) in [6.45, 7) is 7.18. The third-order valence-electron chi connectivity index (χ3n) is 6.13. The number of imidazole rings is 1. The lowest BCUT2D eigenvalue weighted by atomic mass is 10.1. The van der Waals surface area contributed by atoms with E-state index in [0.29, 0.717) is 38.0 Å². The van der Waals surface area contributed by atoms with Crippen LogP contribution in [0.25, 0.3) is 11.0 Å². The van der Waals surface area contributed by atoms with E-state index < -0.39 is 10.0 Å². The molecule has 178 valence electrons. The number of sulfonamides is 1. The van der Waals surface area contributed by atoms with Gasteiger partial charge in [0.1, 0.15) is 5.82 Å². The minimum atomic E-state index is -3.54. The van der Waals surface area contributed by atoms with E-state index in [-0.39, 0.29) is 10.8 Å². The van der Waals surface area contributed by atoms with Gasteiger partial charge in [0.2, 0.25) is 15.9 Å². The fourth-order valence-corrected chi connectivity index (χ4v) is 5.46. The topological polar surface area (TPSA) is 75.5 Å². The van der Waals surface area contributed by atoms with Crippen molar-refractivity contribution in [2.45, 2.75) is 51.5 Å². The van der Waals surface area contributed by atoms with Gasteiger partial charge in [0.15, 0.2) is 0 Å². The second-order valence-electron chi connectivity index (χ2n) is 8.25. The smallest absolute Gasteiger partial charge is 0.243 e. The van der Waals surface area contributed by atoms with Gasteiger partial charge in [-0.25, -0.2) is 13.4 Å². The van der Waals surface area contributed by atoms with Gasteiger partial charge in [-0.1, -0.05) is 45.0 Å². The summed E-state index contributed by atoms with van der Waals surface area (Å²) in [5, 5.41) is 0. The molecule has 0 atom stereocenters. The molecule has 33 heavy (non-hydrogen) atoms. The highest BCUT2D eigenvalue weighted by Crippen LogP contribution is 2.23. The zero-order valence-electron chi connectivity index (χ0n) is 20.2. The number of carbonyl (C=O) groups excluding carboxylic acids is 1. The van der Waals surface area contributed by atoms with Gasteiger partial charge in [-0.2, -0.15) is 4.31 Å². The molecule has 0 N–H and O–H groups in total. The SMILES string of the molecule is CCc1ccc(CN(C)C(=O)CCc2nc3cc(S(=O)(=O)N(CC)CC)ccc3n2C)cc1. The lowest BCUT2D eigenvalue weighted by Gasteiger charge is -2.18. The van der Waals surface area contributed by atoms with Crippen LogP contribution in [0.3, 0.4) is 0 Å². The molecule has 8 heteroatoms. The Bertz CT molecular complexity index is 1210. The van der Waals surface area contributed by atoms with Crippen LogP contribution in [0, 0.1) is 0 Å². The number of hydrogen-bond acceptors (Lipinski definition) is 4. The van der Waals surface area contributed by atoms with Gasteiger partial charge in [-0.05, 0) is 35.7 Å². The van der Waals surface area contributed by atoms with Crippen molar-refractivity contribution in [2.24, 2.45) is 7.05 Å². The van der Waals surface area contributed by atoms with Gasteiger partial charge in [0.05, 0.1) is 15.9 Å². The molecule has 0 spiro atoms. The monoisotopic (exact) mass is 470 g/mol. The van der Waals surface area contributed by atoms with Crippen molar-refractivity contribution in [3.05, 3.63) is 59.4 Å². The zero-order chi connectivity index (χ0) is 24.2. The van der Waals surface area contributed by atoms with Gasteiger partial charge >= 0.3 is 0 Å². The third-order valence-corrected chi connectivity index (χ3v) is 8.17. The molecule has 0 unspecified atom stereocenters. The highest BCUT2D eigenvalue weighted by Gasteiger charge is 2.23. The first-order valence-electron chi connectivity index (χ1n) is 11.5. The molecule has 0 fully saturated rings. The van der Waals surface area contributed by atoms with Gasteiger partial charge in [0.25, 0.3) is 0 Å². The summed E-state index contributed by atoms with van der Waals surface area (Å²) in [6, 6.07) is 13.4. The second kappa shape index (κ2) is 10.5. The summed E-state index contributed by atoms with van der Waals surface area (Å²) < 4.78 is 29.1. The summed E-state index contributed by atoms with van der Waals surface area (Å²) in [7, 11) is 0.166. The Morgan fingerprint density at radius 1 is 1.00 bits per heavy atom. The predicted molar refractivity (Wildman–Crippen MR) is 131 cm³/mol. The minimum Gasteiger partial charge on any atom is -0.341 e. The maximum absolute atomic E-state index is 12.8. The number of aromatic nitrogens is 2. The van der Waals surface area contributed by atoms with E-state index in [1.165, 1.54) is 9.87 Å². The van der Waals surface area contributed by atoms with Crippen LogP contribution in [-0.4, -0.2) is 53.2 Å². The summed E-state index contributed by atoms with van der Waals surface area (Å²) >= 11 is 0. The van der Waals surface area contributed by atoms with E-state index >= 15 is 0 Å². The Morgan fingerprint density at radius 2 is 1.64 bits per heavy atom. The number of aryl methyl sites for hydroxylation is 3. The Labute approximate surface area is 197 Å². The van der Waals surface area contributed by atoms with E-state index in [2.05, 4.69) is 36.2 Å². The Hall–Kier alpha value is -2.71. The minimum absolute atomic E-state index is 0.0476. The average molecular weight is 471 g/mol. The first-order valence-corrected chi connectivity index (χ1v) is 12.9. The summed E-state index contributed by atoms with van der Waals surface area (Å²) in [5.41, 5.74) is 3.85. The van der Waals surface area contributed by atoms with E-state index in [9.17, 15) is 13.2 Å². The molecule has 7 nitrogen and oxygen atoms in total. The first kappa shape index (κ1) is 24.9. The van der Waals surface area contributed by atoms with Crippen LogP contribution in [0.15, 0.2) is 47.4 Å². The Balaban J connectivity index is 1.71. The fraction of sp³-hybridized carbons (Fsp3) is 0.440. The number of amides is 1. The van der Waals surface area contributed by atoms with Crippen LogP contribution < -0.4 is 0 Å². The van der Waals surface area contributed by atoms with Crippen LogP contribution in [0.5, 0.6) is 0 Å². The number of carbonyl (C=O) groups is 1. The molecule has 2 aromatic carbocycles. The number of rotatable bonds is 10. The van der Waals surface area contributed by atoms with Gasteiger partial charge < -0.3 is 9.47 Å². The summed E-state index contributed by atoms with van der Waals surface area (Å²) in [6.07, 6.45) is 1.82. The highest BCUT2D eigenvalue weighted by atomic mass is 32.2. The van der Waals surface area contributed by atoms with Crippen molar-refractivity contribution in [1.82, 2.24) is 18.8 Å². The normalized spacial score (nSPS) is 11.9. The third kappa shape index (κ3) is 5.45. The van der Waals surface area contributed by atoms with Crippen LogP contribution in [0.4, 0.5) is 0 Å². The Morgan fingerprint density at radius 3 is 2.24 bits per heavy atom. The molecule has 1 amide bonds. The van der Waals surface area contributed by atoms with Crippen LogP contribution in [0.2, 0.25) is 0 Å². The second-order valence-corrected chi connectivity index (χ2v) is 10.2. The van der Waals surface area contributed by atoms with Crippen molar-refractivity contribution < 1.29 is 13.2 Å². The van der Waals surface area contributed by atoms with Crippen LogP contribution in [-0.2, 0) is 41.3 Å². The molecular weight excluding hydrogens is 436 g/mol. The van der Waals surface area contributed by atoms with Crippen molar-refractivity contribution in [1.29, 1.82) is 0 Å². The van der Waals surface area contributed by atoms with Gasteiger partial charge in [0, 0.05) is 46.6 Å². The van der Waals surface area contributed by atoms with Crippen molar-refractivity contribution in [3.8, 4) is 0 Å². The average Bonchev–Trinajstić information content (AvgIpc) is 3.13. The number of hydrogen-bond donors (Lipinski definition) is 0. The van der Waals surface area contributed by atoms with Crippen molar-refractivity contribution in [2.75, 3.05) is 20.1 Å². The molecule has 0 radical (unpaired) electrons. The molecule has 1 aromatic heterocycles. The first-order chi connectivity index (χ1) is 15.7. The molecule has 0 aliphatic carbocycles. The van der Waals surface area contributed by atoms with Crippen LogP contribution in [0.1, 0.15) is 44.1 Å². The van der Waals surface area contributed by atoms with E-state index in [0.717, 1.165) is 23.3 Å². The predicted octanol–water partition coefficient (Wildman–Crippen LogP) is 3.76. The molecule has 3 rings (SSSR count). The quantitative estimate of drug-likeness (QED) is 0.452. The zero-order valence-corrected chi connectivity index (χ0v) is 21.0. The maximum atomic E-state index is 12.8. The standard InChI is InChI=1S/C25H34N4O3S/c1-6-19-9-11-20(12-10-19)18-27(4)25(30)16-15-24-26-22-17-21(13-14-23(22)28(24)5)33(31,32)29(7-2)8-3/h9-14,17H,6-8,15-16,18H2,1-5H3. The van der Waals surface area contributed by atoms with Crippen LogP contribution >= 0.6 is 0 Å². The number of benzene rings is 2. The van der Waals surface area contributed by atoms with E-state index in [4.69, 9.17) is 0 Å².